The molecule has 27 heavy (non-hydrogen) atoms. The highest BCUT2D eigenvalue weighted by atomic mass is 19.1. The van der Waals surface area contributed by atoms with Gasteiger partial charge in [0.05, 0.1) is 18.3 Å². The zero-order valence-corrected chi connectivity index (χ0v) is 15.5. The summed E-state index contributed by atoms with van der Waals surface area (Å²) in [4.78, 5) is 22.5. The van der Waals surface area contributed by atoms with Gasteiger partial charge in [-0.3, -0.25) is 4.79 Å². The molecular weight excluding hydrogens is 347 g/mol. The number of anilines is 1. The summed E-state index contributed by atoms with van der Waals surface area (Å²) in [6, 6.07) is 6.05. The van der Waals surface area contributed by atoms with Crippen LogP contribution in [0.5, 0.6) is 0 Å². The van der Waals surface area contributed by atoms with Crippen molar-refractivity contribution in [1.82, 2.24) is 24.6 Å². The second-order valence-electron chi connectivity index (χ2n) is 6.43. The summed E-state index contributed by atoms with van der Waals surface area (Å²) in [6.45, 7) is 4.05. The zero-order chi connectivity index (χ0) is 19.6. The number of hydrogen-bond donors (Lipinski definition) is 1. The Hall–Kier alpha value is -3.29. The predicted molar refractivity (Wildman–Crippen MR) is 99.6 cm³/mol. The fourth-order valence-electron chi connectivity index (χ4n) is 2.85. The summed E-state index contributed by atoms with van der Waals surface area (Å²) in [7, 11) is 1.74. The Morgan fingerprint density at radius 2 is 1.81 bits per heavy atom. The number of carbonyl (C=O) groups is 1. The Balaban J connectivity index is 1.68. The van der Waals surface area contributed by atoms with Gasteiger partial charge >= 0.3 is 0 Å². The summed E-state index contributed by atoms with van der Waals surface area (Å²) in [6.07, 6.45) is 3.72. The van der Waals surface area contributed by atoms with E-state index in [0.29, 0.717) is 17.9 Å². The minimum absolute atomic E-state index is 0.0518. The molecule has 1 aromatic carbocycles. The minimum atomic E-state index is -0.298. The number of likely N-dealkylation sites (N-methyl/N-ethyl adjacent to an activating group) is 1. The van der Waals surface area contributed by atoms with Crippen molar-refractivity contribution in [2.75, 3.05) is 12.8 Å². The summed E-state index contributed by atoms with van der Waals surface area (Å²) in [5, 5.41) is 4.27. The fourth-order valence-corrected chi connectivity index (χ4v) is 2.85. The molecule has 2 aromatic heterocycles. The van der Waals surface area contributed by atoms with Crippen molar-refractivity contribution < 1.29 is 9.18 Å². The number of nitrogens with two attached hydrogens (primary N) is 1. The van der Waals surface area contributed by atoms with Gasteiger partial charge in [-0.05, 0) is 38.1 Å². The lowest BCUT2D eigenvalue weighted by atomic mass is 10.1. The van der Waals surface area contributed by atoms with E-state index in [1.54, 1.807) is 35.0 Å². The van der Waals surface area contributed by atoms with Crippen LogP contribution in [0.15, 0.2) is 36.7 Å². The van der Waals surface area contributed by atoms with Gasteiger partial charge in [0.1, 0.15) is 5.82 Å². The first-order chi connectivity index (χ1) is 12.8. The molecule has 0 unspecified atom stereocenters. The van der Waals surface area contributed by atoms with Crippen molar-refractivity contribution in [3.63, 3.8) is 0 Å². The molecule has 0 saturated heterocycles. The van der Waals surface area contributed by atoms with E-state index < -0.39 is 0 Å². The van der Waals surface area contributed by atoms with Crippen LogP contribution in [0.25, 0.3) is 5.69 Å². The maximum atomic E-state index is 13.0. The van der Waals surface area contributed by atoms with E-state index in [0.717, 1.165) is 16.8 Å². The molecule has 3 rings (SSSR count). The summed E-state index contributed by atoms with van der Waals surface area (Å²) < 4.78 is 14.7. The SMILES string of the molecule is Cc1nc(N)nc(C)c1CC(=O)N(C)Cc1cnn(-c2ccc(F)cc2)c1. The Morgan fingerprint density at radius 3 is 2.44 bits per heavy atom. The van der Waals surface area contributed by atoms with Gasteiger partial charge < -0.3 is 10.6 Å². The number of benzene rings is 1. The van der Waals surface area contributed by atoms with Crippen LogP contribution in [0.4, 0.5) is 10.3 Å². The first-order valence-electron chi connectivity index (χ1n) is 8.46. The third-order valence-corrected chi connectivity index (χ3v) is 4.34. The lowest BCUT2D eigenvalue weighted by Crippen LogP contribution is -2.28. The lowest BCUT2D eigenvalue weighted by molar-refractivity contribution is -0.129. The van der Waals surface area contributed by atoms with Crippen molar-refractivity contribution in [3.05, 3.63) is 65.0 Å². The van der Waals surface area contributed by atoms with Gasteiger partial charge in [-0.1, -0.05) is 0 Å². The number of nitrogens with zero attached hydrogens (tertiary/aromatic N) is 5. The summed E-state index contributed by atoms with van der Waals surface area (Å²) >= 11 is 0. The zero-order valence-electron chi connectivity index (χ0n) is 15.5. The van der Waals surface area contributed by atoms with Crippen LogP contribution in [0.2, 0.25) is 0 Å². The van der Waals surface area contributed by atoms with Crippen LogP contribution < -0.4 is 5.73 Å². The third kappa shape index (κ3) is 4.28. The van der Waals surface area contributed by atoms with Crippen LogP contribution in [0.1, 0.15) is 22.5 Å². The molecular formula is C19H21FN6O. The van der Waals surface area contributed by atoms with Gasteiger partial charge in [0.15, 0.2) is 0 Å². The van der Waals surface area contributed by atoms with E-state index in [1.807, 2.05) is 20.0 Å². The van der Waals surface area contributed by atoms with E-state index in [-0.39, 0.29) is 24.1 Å². The van der Waals surface area contributed by atoms with Crippen molar-refractivity contribution in [3.8, 4) is 5.69 Å². The highest BCUT2D eigenvalue weighted by Crippen LogP contribution is 2.15. The number of hydrogen-bond acceptors (Lipinski definition) is 5. The molecule has 0 bridgehead atoms. The molecule has 0 atom stereocenters. The highest BCUT2D eigenvalue weighted by molar-refractivity contribution is 5.79. The average molecular weight is 368 g/mol. The number of halogens is 1. The Morgan fingerprint density at radius 1 is 1.19 bits per heavy atom. The average Bonchev–Trinajstić information content (AvgIpc) is 3.07. The van der Waals surface area contributed by atoms with Crippen LogP contribution >= 0.6 is 0 Å². The van der Waals surface area contributed by atoms with Crippen molar-refractivity contribution in [2.24, 2.45) is 0 Å². The minimum Gasteiger partial charge on any atom is -0.368 e. The van der Waals surface area contributed by atoms with E-state index >= 15 is 0 Å². The monoisotopic (exact) mass is 368 g/mol. The maximum Gasteiger partial charge on any atom is 0.227 e. The molecule has 0 fully saturated rings. The summed E-state index contributed by atoms with van der Waals surface area (Å²) in [5.74, 6) is -0.138. The van der Waals surface area contributed by atoms with Crippen LogP contribution in [0.3, 0.4) is 0 Å². The van der Waals surface area contributed by atoms with Gasteiger partial charge in [-0.15, -0.1) is 0 Å². The van der Waals surface area contributed by atoms with Crippen LogP contribution in [0, 0.1) is 19.7 Å². The van der Waals surface area contributed by atoms with E-state index in [9.17, 15) is 9.18 Å². The molecule has 0 aliphatic rings. The highest BCUT2D eigenvalue weighted by Gasteiger charge is 2.16. The predicted octanol–water partition coefficient (Wildman–Crippen LogP) is 2.20. The summed E-state index contributed by atoms with van der Waals surface area (Å²) in [5.41, 5.74) is 9.48. The number of aryl methyl sites for hydroxylation is 2. The van der Waals surface area contributed by atoms with Gasteiger partial charge in [0, 0.05) is 42.3 Å². The second kappa shape index (κ2) is 7.53. The molecule has 2 heterocycles. The quantitative estimate of drug-likeness (QED) is 0.746. The van der Waals surface area contributed by atoms with Crippen LogP contribution in [-0.2, 0) is 17.8 Å². The Labute approximate surface area is 156 Å². The molecule has 8 heteroatoms. The van der Waals surface area contributed by atoms with E-state index in [4.69, 9.17) is 5.73 Å². The number of nitrogen functional groups attached to an aromatic ring is 1. The molecule has 3 aromatic rings. The van der Waals surface area contributed by atoms with Gasteiger partial charge in [0.2, 0.25) is 11.9 Å². The van der Waals surface area contributed by atoms with Crippen molar-refractivity contribution in [2.45, 2.75) is 26.8 Å². The number of carbonyl (C=O) groups excluding carboxylic acids is 1. The number of amides is 1. The molecule has 7 nitrogen and oxygen atoms in total. The molecule has 1 amide bonds. The molecule has 0 saturated carbocycles. The van der Waals surface area contributed by atoms with E-state index in [2.05, 4.69) is 15.1 Å². The third-order valence-electron chi connectivity index (χ3n) is 4.34. The molecule has 140 valence electrons. The molecule has 0 aliphatic heterocycles. The second-order valence-corrected chi connectivity index (χ2v) is 6.43. The Kier molecular flexibility index (Phi) is 5.16. The molecule has 0 radical (unpaired) electrons. The molecule has 2 N–H and O–H groups in total. The first-order valence-corrected chi connectivity index (χ1v) is 8.46. The maximum absolute atomic E-state index is 13.0. The first kappa shape index (κ1) is 18.5. The number of rotatable bonds is 5. The smallest absolute Gasteiger partial charge is 0.227 e. The lowest BCUT2D eigenvalue weighted by Gasteiger charge is -2.17. The standard InChI is InChI=1S/C19H21FN6O/c1-12-17(13(2)24-19(21)23-12)8-18(27)25(3)10-14-9-22-26(11-14)16-6-4-15(20)5-7-16/h4-7,9,11H,8,10H2,1-3H3,(H2,21,23,24). The van der Waals surface area contributed by atoms with Gasteiger partial charge in [-0.25, -0.2) is 19.0 Å². The van der Waals surface area contributed by atoms with E-state index in [1.165, 1.54) is 12.1 Å². The fraction of sp³-hybridized carbons (Fsp3) is 0.263. The normalized spacial score (nSPS) is 10.8. The van der Waals surface area contributed by atoms with Gasteiger partial charge in [-0.2, -0.15) is 5.10 Å². The molecule has 0 spiro atoms. The van der Waals surface area contributed by atoms with Crippen molar-refractivity contribution >= 4 is 11.9 Å². The van der Waals surface area contributed by atoms with Crippen molar-refractivity contribution in [1.29, 1.82) is 0 Å². The van der Waals surface area contributed by atoms with Gasteiger partial charge in [0.25, 0.3) is 0 Å². The number of aromatic nitrogens is 4. The van der Waals surface area contributed by atoms with Crippen LogP contribution in [-0.4, -0.2) is 37.6 Å². The topological polar surface area (TPSA) is 89.9 Å². The largest absolute Gasteiger partial charge is 0.368 e. The Bertz CT molecular complexity index is 944. The molecule has 0 aliphatic carbocycles.